The minimum absolute atomic E-state index is 0.00577. The fourth-order valence-corrected chi connectivity index (χ4v) is 3.61. The fraction of sp³-hybridized carbons (Fsp3) is 0.615. The molecule has 0 spiro atoms. The van der Waals surface area contributed by atoms with Crippen LogP contribution in [0.1, 0.15) is 30.2 Å². The van der Waals surface area contributed by atoms with Gasteiger partial charge in [0.25, 0.3) is 0 Å². The van der Waals surface area contributed by atoms with Gasteiger partial charge in [-0.15, -0.1) is 0 Å². The van der Waals surface area contributed by atoms with E-state index in [9.17, 15) is 4.79 Å². The van der Waals surface area contributed by atoms with E-state index in [0.29, 0.717) is 24.9 Å². The van der Waals surface area contributed by atoms with Crippen LogP contribution in [-0.4, -0.2) is 30.3 Å². The lowest BCUT2D eigenvalue weighted by molar-refractivity contribution is -0.119. The number of nitrogens with one attached hydrogen (secondary N) is 3. The van der Waals surface area contributed by atoms with Gasteiger partial charge >= 0.3 is 0 Å². The second-order valence-electron chi connectivity index (χ2n) is 5.29. The molecule has 3 atom stereocenters. The first-order chi connectivity index (χ1) is 10.3. The van der Waals surface area contributed by atoms with Crippen molar-refractivity contribution in [3.63, 3.8) is 0 Å². The molecule has 2 fully saturated rings. The first-order valence-electron chi connectivity index (χ1n) is 6.98. The Balaban J connectivity index is 1.54. The molecule has 21 heavy (non-hydrogen) atoms. The van der Waals surface area contributed by atoms with Crippen molar-refractivity contribution < 1.29 is 9.53 Å². The molecule has 1 aliphatic carbocycles. The van der Waals surface area contributed by atoms with E-state index in [2.05, 4.69) is 20.9 Å². The zero-order valence-electron chi connectivity index (χ0n) is 11.5. The van der Waals surface area contributed by atoms with E-state index in [1.165, 1.54) is 11.3 Å². The number of hydrogen-bond acceptors (Lipinski definition) is 7. The highest BCUT2D eigenvalue weighted by atomic mass is 32.1. The summed E-state index contributed by atoms with van der Waals surface area (Å²) in [4.78, 5) is 17.5. The Morgan fingerprint density at radius 1 is 1.57 bits per heavy atom. The van der Waals surface area contributed by atoms with Crippen molar-refractivity contribution in [1.29, 1.82) is 5.26 Å². The quantitative estimate of drug-likeness (QED) is 0.565. The van der Waals surface area contributed by atoms with Gasteiger partial charge in [0, 0.05) is 23.0 Å². The number of nitriles is 1. The number of ether oxygens (including phenoxy) is 1. The topological polar surface area (TPSA) is 99.1 Å². The lowest BCUT2D eigenvalue weighted by Gasteiger charge is -2.09. The average molecular weight is 307 g/mol. The molecule has 0 bridgehead atoms. The maximum atomic E-state index is 12.2. The predicted octanol–water partition coefficient (Wildman–Crippen LogP) is 0.939. The zero-order valence-corrected chi connectivity index (χ0v) is 12.3. The highest BCUT2D eigenvalue weighted by molar-refractivity contribution is 7.15. The molecule has 0 aromatic carbocycles. The summed E-state index contributed by atoms with van der Waals surface area (Å²) in [6.45, 7) is 1.19. The molecule has 1 saturated carbocycles. The molecule has 112 valence electrons. The molecule has 0 radical (unpaired) electrons. The van der Waals surface area contributed by atoms with Crippen molar-refractivity contribution in [1.82, 2.24) is 15.6 Å². The summed E-state index contributed by atoms with van der Waals surface area (Å²) in [6.07, 6.45) is 6.09. The molecule has 1 unspecified atom stereocenters. The van der Waals surface area contributed by atoms with Crippen LogP contribution in [0.5, 0.6) is 0 Å². The van der Waals surface area contributed by atoms with Gasteiger partial charge in [0.05, 0.1) is 19.4 Å². The summed E-state index contributed by atoms with van der Waals surface area (Å²) in [6, 6.07) is 0.293. The zero-order chi connectivity index (χ0) is 14.7. The minimum atomic E-state index is -0.0452. The Labute approximate surface area is 126 Å². The van der Waals surface area contributed by atoms with Crippen LogP contribution >= 0.6 is 11.3 Å². The van der Waals surface area contributed by atoms with Crippen LogP contribution in [0.15, 0.2) is 6.20 Å². The lowest BCUT2D eigenvalue weighted by atomic mass is 10.1. The van der Waals surface area contributed by atoms with E-state index >= 15 is 0 Å². The molecule has 1 aliphatic heterocycles. The SMILES string of the molecule is N#CN[C@@H]1CC[C@@H](C(=O)Nc2ncc(C3COCN3)s2)C1. The molecule has 7 nitrogen and oxygen atoms in total. The van der Waals surface area contributed by atoms with Crippen LogP contribution in [0.25, 0.3) is 0 Å². The number of rotatable bonds is 4. The molecule has 1 aromatic heterocycles. The number of thiazole rings is 1. The van der Waals surface area contributed by atoms with Crippen molar-refractivity contribution in [3.8, 4) is 6.19 Å². The number of carbonyl (C=O) groups is 1. The number of anilines is 1. The van der Waals surface area contributed by atoms with Crippen LogP contribution in [0, 0.1) is 17.4 Å². The van der Waals surface area contributed by atoms with Crippen LogP contribution in [-0.2, 0) is 9.53 Å². The van der Waals surface area contributed by atoms with Crippen molar-refractivity contribution in [2.45, 2.75) is 31.3 Å². The molecule has 1 amide bonds. The molecule has 2 aliphatic rings. The molecule has 1 saturated heterocycles. The predicted molar refractivity (Wildman–Crippen MR) is 77.3 cm³/mol. The Morgan fingerprint density at radius 3 is 3.24 bits per heavy atom. The molecule has 3 N–H and O–H groups in total. The van der Waals surface area contributed by atoms with Gasteiger partial charge in [-0.2, -0.15) is 5.26 Å². The molecule has 3 rings (SSSR count). The summed E-state index contributed by atoms with van der Waals surface area (Å²) < 4.78 is 5.27. The van der Waals surface area contributed by atoms with Crippen molar-refractivity contribution >= 4 is 22.4 Å². The first-order valence-corrected chi connectivity index (χ1v) is 7.80. The summed E-state index contributed by atoms with van der Waals surface area (Å²) in [5.41, 5.74) is 0. The van der Waals surface area contributed by atoms with E-state index in [4.69, 9.17) is 10.00 Å². The van der Waals surface area contributed by atoms with Gasteiger partial charge in [-0.05, 0) is 19.3 Å². The first kappa shape index (κ1) is 14.3. The van der Waals surface area contributed by atoms with Gasteiger partial charge in [-0.3, -0.25) is 10.1 Å². The second-order valence-corrected chi connectivity index (χ2v) is 6.35. The van der Waals surface area contributed by atoms with Crippen LogP contribution in [0.2, 0.25) is 0 Å². The molecule has 1 aromatic rings. The van der Waals surface area contributed by atoms with E-state index in [-0.39, 0.29) is 23.9 Å². The Hall–Kier alpha value is -1.69. The van der Waals surface area contributed by atoms with Gasteiger partial charge in [0.15, 0.2) is 11.3 Å². The van der Waals surface area contributed by atoms with Crippen molar-refractivity contribution in [3.05, 3.63) is 11.1 Å². The maximum absolute atomic E-state index is 12.2. The summed E-state index contributed by atoms with van der Waals surface area (Å²) in [5.74, 6) is -0.0510. The largest absolute Gasteiger partial charge is 0.364 e. The smallest absolute Gasteiger partial charge is 0.229 e. The van der Waals surface area contributed by atoms with E-state index < -0.39 is 0 Å². The number of carbonyl (C=O) groups excluding carboxylic acids is 1. The number of nitrogens with zero attached hydrogens (tertiary/aromatic N) is 2. The van der Waals surface area contributed by atoms with Gasteiger partial charge in [-0.25, -0.2) is 4.98 Å². The standard InChI is InChI=1S/C13H17N5O2S/c14-6-16-9-2-1-8(3-9)12(19)18-13-15-4-11(21-13)10-5-20-7-17-10/h4,8-10,16-17H,1-3,5,7H2,(H,15,18,19)/t8-,9-,10?/m1/s1. The molecular formula is C13H17N5O2S. The number of amides is 1. The average Bonchev–Trinajstić information content (AvgIpc) is 3.20. The molecule has 8 heteroatoms. The fourth-order valence-electron chi connectivity index (χ4n) is 2.73. The van der Waals surface area contributed by atoms with Crippen LogP contribution < -0.4 is 16.0 Å². The van der Waals surface area contributed by atoms with E-state index in [1.54, 1.807) is 6.20 Å². The summed E-state index contributed by atoms with van der Waals surface area (Å²) >= 11 is 1.47. The third-order valence-electron chi connectivity index (χ3n) is 3.89. The molecular weight excluding hydrogens is 290 g/mol. The highest BCUT2D eigenvalue weighted by Crippen LogP contribution is 2.29. The molecule has 2 heterocycles. The number of hydrogen-bond donors (Lipinski definition) is 3. The normalized spacial score (nSPS) is 28.2. The van der Waals surface area contributed by atoms with Gasteiger partial charge < -0.3 is 15.4 Å². The Bertz CT molecular complexity index is 549. The van der Waals surface area contributed by atoms with Gasteiger partial charge in [0.2, 0.25) is 5.91 Å². The third-order valence-corrected chi connectivity index (χ3v) is 4.91. The lowest BCUT2D eigenvalue weighted by Crippen LogP contribution is -2.25. The van der Waals surface area contributed by atoms with E-state index in [1.807, 2.05) is 6.19 Å². The number of aromatic nitrogens is 1. The van der Waals surface area contributed by atoms with Crippen molar-refractivity contribution in [2.75, 3.05) is 18.7 Å². The minimum Gasteiger partial charge on any atom is -0.364 e. The monoisotopic (exact) mass is 307 g/mol. The van der Waals surface area contributed by atoms with E-state index in [0.717, 1.165) is 17.7 Å². The van der Waals surface area contributed by atoms with Crippen LogP contribution in [0.4, 0.5) is 5.13 Å². The summed E-state index contributed by atoms with van der Waals surface area (Å²) in [5, 5.41) is 18.0. The van der Waals surface area contributed by atoms with Crippen molar-refractivity contribution in [2.24, 2.45) is 5.92 Å². The van der Waals surface area contributed by atoms with Gasteiger partial charge in [0.1, 0.15) is 0 Å². The second kappa shape index (κ2) is 6.39. The maximum Gasteiger partial charge on any atom is 0.229 e. The highest BCUT2D eigenvalue weighted by Gasteiger charge is 2.30. The summed E-state index contributed by atoms with van der Waals surface area (Å²) in [7, 11) is 0. The Morgan fingerprint density at radius 2 is 2.48 bits per heavy atom. The van der Waals surface area contributed by atoms with Gasteiger partial charge in [-0.1, -0.05) is 11.3 Å². The third kappa shape index (κ3) is 3.32. The Kier molecular flexibility index (Phi) is 4.34. The van der Waals surface area contributed by atoms with Crippen LogP contribution in [0.3, 0.4) is 0 Å².